The van der Waals surface area contributed by atoms with E-state index in [4.69, 9.17) is 0 Å². The number of carbonyl (C=O) groups is 2. The Morgan fingerprint density at radius 1 is 1.09 bits per heavy atom. The number of para-hydroxylation sites is 1. The molecule has 0 fully saturated rings. The van der Waals surface area contributed by atoms with Gasteiger partial charge in [-0.25, -0.2) is 4.98 Å². The first-order valence-corrected chi connectivity index (χ1v) is 11.1. The minimum Gasteiger partial charge on any atom is -0.312 e. The maximum atomic E-state index is 12.3. The van der Waals surface area contributed by atoms with E-state index in [1.54, 1.807) is 54.5 Å². The van der Waals surface area contributed by atoms with Crippen molar-refractivity contribution in [1.29, 1.82) is 0 Å². The Hall–Kier alpha value is -3.99. The second-order valence-corrected chi connectivity index (χ2v) is 8.18. The number of benzene rings is 2. The van der Waals surface area contributed by atoms with Crippen LogP contribution in [0.3, 0.4) is 0 Å². The van der Waals surface area contributed by atoms with Gasteiger partial charge in [0, 0.05) is 31.2 Å². The van der Waals surface area contributed by atoms with Gasteiger partial charge in [0.15, 0.2) is 5.16 Å². The number of nitrogens with zero attached hydrogens (tertiary/aromatic N) is 4. The van der Waals surface area contributed by atoms with Crippen LogP contribution in [-0.2, 0) is 24.0 Å². The van der Waals surface area contributed by atoms with Crippen molar-refractivity contribution in [3.05, 3.63) is 82.2 Å². The van der Waals surface area contributed by atoms with Gasteiger partial charge in [-0.05, 0) is 29.8 Å². The summed E-state index contributed by atoms with van der Waals surface area (Å²) in [5, 5.41) is 9.16. The number of amides is 2. The monoisotopic (exact) mass is 463 g/mol. The van der Waals surface area contributed by atoms with E-state index >= 15 is 0 Å². The number of aromatic amines is 1. The molecule has 0 unspecified atom stereocenters. The number of H-pyrrole nitrogens is 1. The van der Waals surface area contributed by atoms with Crippen LogP contribution in [0.2, 0.25) is 0 Å². The zero-order valence-electron chi connectivity index (χ0n) is 17.7. The largest absolute Gasteiger partial charge is 0.312 e. The molecule has 3 N–H and O–H groups in total. The molecule has 0 aliphatic carbocycles. The quantitative estimate of drug-likeness (QED) is 0.281. The molecule has 2 aromatic heterocycles. The molecule has 0 bridgehead atoms. The molecule has 0 radical (unpaired) electrons. The van der Waals surface area contributed by atoms with Gasteiger partial charge in [0.25, 0.3) is 11.5 Å². The summed E-state index contributed by atoms with van der Waals surface area (Å²) in [5.74, 6) is 0.287. The van der Waals surface area contributed by atoms with Crippen molar-refractivity contribution in [2.75, 3.05) is 0 Å². The van der Waals surface area contributed by atoms with Crippen molar-refractivity contribution < 1.29 is 9.59 Å². The van der Waals surface area contributed by atoms with Gasteiger partial charge in [-0.2, -0.15) is 0 Å². The lowest BCUT2D eigenvalue weighted by Gasteiger charge is -2.08. The molecule has 0 saturated carbocycles. The van der Waals surface area contributed by atoms with E-state index in [0.29, 0.717) is 28.0 Å². The predicted molar refractivity (Wildman–Crippen MR) is 123 cm³/mol. The molecule has 168 valence electrons. The molecule has 2 heterocycles. The lowest BCUT2D eigenvalue weighted by molar-refractivity contribution is -0.121. The Labute approximate surface area is 192 Å². The van der Waals surface area contributed by atoms with Crippen molar-refractivity contribution in [3.63, 3.8) is 0 Å². The highest BCUT2D eigenvalue weighted by Crippen LogP contribution is 2.20. The van der Waals surface area contributed by atoms with Crippen LogP contribution in [-0.4, -0.2) is 36.5 Å². The third kappa shape index (κ3) is 5.63. The van der Waals surface area contributed by atoms with Crippen LogP contribution in [0.15, 0.2) is 64.8 Å². The molecule has 0 spiro atoms. The topological polar surface area (TPSA) is 135 Å². The highest BCUT2D eigenvalue weighted by molar-refractivity contribution is 7.98. The fourth-order valence-corrected chi connectivity index (χ4v) is 3.89. The van der Waals surface area contributed by atoms with Gasteiger partial charge in [0.1, 0.15) is 12.2 Å². The van der Waals surface area contributed by atoms with Gasteiger partial charge in [0.05, 0.1) is 10.9 Å². The number of hydrogen-bond donors (Lipinski definition) is 3. The molecule has 33 heavy (non-hydrogen) atoms. The minimum absolute atomic E-state index is 0.0553. The minimum atomic E-state index is -0.423. The second kappa shape index (κ2) is 10.1. The number of hydrazine groups is 1. The standard InChI is InChI=1S/C22H21N7O3S/c1-29-13-23-28-22(29)33-12-14-6-8-15(9-7-14)20(31)27-26-19(30)11-10-18-24-17-5-3-2-4-16(17)21(32)25-18/h2-9,13H,10-12H2,1H3,(H,26,30)(H,27,31)(H,24,25,32). The molecule has 0 aliphatic rings. The Kier molecular flexibility index (Phi) is 6.79. The molecule has 2 aromatic carbocycles. The van der Waals surface area contributed by atoms with Crippen molar-refractivity contribution in [2.45, 2.75) is 23.8 Å². The van der Waals surface area contributed by atoms with Gasteiger partial charge in [-0.15, -0.1) is 10.2 Å². The number of nitrogens with one attached hydrogen (secondary N) is 3. The summed E-state index contributed by atoms with van der Waals surface area (Å²) in [6.45, 7) is 0. The molecule has 10 nitrogen and oxygen atoms in total. The first-order chi connectivity index (χ1) is 16.0. The van der Waals surface area contributed by atoms with E-state index in [-0.39, 0.29) is 18.4 Å². The van der Waals surface area contributed by atoms with Gasteiger partial charge in [-0.3, -0.25) is 25.2 Å². The predicted octanol–water partition coefficient (Wildman–Crippen LogP) is 1.74. The van der Waals surface area contributed by atoms with Crippen molar-refractivity contribution in [2.24, 2.45) is 7.05 Å². The fourth-order valence-electron chi connectivity index (χ4n) is 3.05. The Morgan fingerprint density at radius 2 is 1.88 bits per heavy atom. The lowest BCUT2D eigenvalue weighted by Crippen LogP contribution is -2.41. The van der Waals surface area contributed by atoms with E-state index in [9.17, 15) is 14.4 Å². The SMILES string of the molecule is Cn1cnnc1SCc1ccc(C(=O)NNC(=O)CCc2nc3ccccc3c(=O)[nH]2)cc1. The zero-order valence-corrected chi connectivity index (χ0v) is 18.6. The van der Waals surface area contributed by atoms with Gasteiger partial charge >= 0.3 is 0 Å². The first kappa shape index (κ1) is 22.2. The van der Waals surface area contributed by atoms with Crippen LogP contribution >= 0.6 is 11.8 Å². The summed E-state index contributed by atoms with van der Waals surface area (Å²) in [6, 6.07) is 14.1. The van der Waals surface area contributed by atoms with Crippen LogP contribution in [0.4, 0.5) is 0 Å². The number of aryl methyl sites for hydroxylation is 2. The van der Waals surface area contributed by atoms with Crippen LogP contribution in [0.25, 0.3) is 10.9 Å². The smallest absolute Gasteiger partial charge is 0.269 e. The zero-order chi connectivity index (χ0) is 23.2. The number of carbonyl (C=O) groups excluding carboxylic acids is 2. The summed E-state index contributed by atoms with van der Waals surface area (Å²) in [7, 11) is 1.88. The molecule has 0 aliphatic heterocycles. The number of thioether (sulfide) groups is 1. The Balaban J connectivity index is 1.25. The van der Waals surface area contributed by atoms with E-state index in [0.717, 1.165) is 10.7 Å². The second-order valence-electron chi connectivity index (χ2n) is 7.24. The highest BCUT2D eigenvalue weighted by atomic mass is 32.2. The highest BCUT2D eigenvalue weighted by Gasteiger charge is 2.10. The van der Waals surface area contributed by atoms with E-state index < -0.39 is 11.8 Å². The van der Waals surface area contributed by atoms with Crippen LogP contribution in [0.1, 0.15) is 28.2 Å². The molecule has 4 aromatic rings. The van der Waals surface area contributed by atoms with Gasteiger partial charge in [0.2, 0.25) is 5.91 Å². The number of rotatable bonds is 7. The average molecular weight is 464 g/mol. The number of fused-ring (bicyclic) bond motifs is 1. The molecule has 0 saturated heterocycles. The van der Waals surface area contributed by atoms with Crippen molar-refractivity contribution in [1.82, 2.24) is 35.6 Å². The molecule has 0 atom stereocenters. The van der Waals surface area contributed by atoms with Gasteiger partial charge in [-0.1, -0.05) is 36.0 Å². The maximum absolute atomic E-state index is 12.3. The average Bonchev–Trinajstić information content (AvgIpc) is 3.25. The molecule has 11 heteroatoms. The number of hydrogen-bond acceptors (Lipinski definition) is 7. The third-order valence-electron chi connectivity index (χ3n) is 4.82. The normalized spacial score (nSPS) is 10.8. The summed E-state index contributed by atoms with van der Waals surface area (Å²) in [5.41, 5.74) is 6.56. The van der Waals surface area contributed by atoms with Gasteiger partial charge < -0.3 is 9.55 Å². The van der Waals surface area contributed by atoms with Crippen LogP contribution in [0.5, 0.6) is 0 Å². The Morgan fingerprint density at radius 3 is 2.64 bits per heavy atom. The summed E-state index contributed by atoms with van der Waals surface area (Å²) in [4.78, 5) is 43.6. The Bertz CT molecular complexity index is 1350. The summed E-state index contributed by atoms with van der Waals surface area (Å²) in [6.07, 6.45) is 1.93. The first-order valence-electron chi connectivity index (χ1n) is 10.1. The fraction of sp³-hybridized carbons (Fsp3) is 0.182. The molecular weight excluding hydrogens is 442 g/mol. The van der Waals surface area contributed by atoms with Crippen molar-refractivity contribution >= 4 is 34.5 Å². The lowest BCUT2D eigenvalue weighted by atomic mass is 10.1. The van der Waals surface area contributed by atoms with Crippen molar-refractivity contribution in [3.8, 4) is 0 Å². The third-order valence-corrected chi connectivity index (χ3v) is 5.93. The number of aromatic nitrogens is 5. The summed E-state index contributed by atoms with van der Waals surface area (Å²) < 4.78 is 1.84. The van der Waals surface area contributed by atoms with E-state index in [1.165, 1.54) is 0 Å². The molecule has 4 rings (SSSR count). The maximum Gasteiger partial charge on any atom is 0.269 e. The molecular formula is C22H21N7O3S. The van der Waals surface area contributed by atoms with Crippen LogP contribution < -0.4 is 16.4 Å². The molecule has 2 amide bonds. The van der Waals surface area contributed by atoms with E-state index in [1.807, 2.05) is 23.7 Å². The summed E-state index contributed by atoms with van der Waals surface area (Å²) >= 11 is 1.54. The van der Waals surface area contributed by atoms with Crippen LogP contribution in [0, 0.1) is 0 Å². The van der Waals surface area contributed by atoms with E-state index in [2.05, 4.69) is 31.0 Å².